The van der Waals surface area contributed by atoms with Crippen LogP contribution in [0.25, 0.3) is 0 Å². The summed E-state index contributed by atoms with van der Waals surface area (Å²) in [7, 11) is 5.72. The zero-order valence-corrected chi connectivity index (χ0v) is 8.04. The third-order valence-electron chi connectivity index (χ3n) is 2.41. The van der Waals surface area contributed by atoms with Gasteiger partial charge in [-0.25, -0.2) is 9.97 Å². The van der Waals surface area contributed by atoms with E-state index < -0.39 is 0 Å². The second kappa shape index (κ2) is 3.11. The summed E-state index contributed by atoms with van der Waals surface area (Å²) < 4.78 is 0. The van der Waals surface area contributed by atoms with Crippen molar-refractivity contribution >= 4 is 7.98 Å². The average Bonchev–Trinajstić information content (AvgIpc) is 2.02. The lowest BCUT2D eigenvalue weighted by Gasteiger charge is -2.25. The van der Waals surface area contributed by atoms with Gasteiger partial charge in [-0.2, -0.15) is 0 Å². The molecule has 0 bridgehead atoms. The maximum absolute atomic E-state index is 5.72. The van der Waals surface area contributed by atoms with Crippen LogP contribution in [0.1, 0.15) is 22.8 Å². The molecular weight excluding hydrogens is 161 g/mol. The van der Waals surface area contributed by atoms with Crippen molar-refractivity contribution in [2.45, 2.75) is 26.8 Å². The van der Waals surface area contributed by atoms with Crippen LogP contribution in [0.2, 0.25) is 0 Å². The first-order valence-corrected chi connectivity index (χ1v) is 4.49. The summed E-state index contributed by atoms with van der Waals surface area (Å²) in [6.07, 6.45) is 0.970. The van der Waals surface area contributed by atoms with Gasteiger partial charge in [-0.05, 0) is 32.4 Å². The van der Waals surface area contributed by atoms with E-state index in [9.17, 15) is 0 Å². The molecule has 66 valence electrons. The summed E-state index contributed by atoms with van der Waals surface area (Å²) in [4.78, 5) is 10.5. The molecule has 1 aromatic heterocycles. The van der Waals surface area contributed by atoms with E-state index in [0.29, 0.717) is 0 Å². The molecule has 0 fully saturated rings. The van der Waals surface area contributed by atoms with Crippen LogP contribution in [0.3, 0.4) is 0 Å². The second-order valence-electron chi connectivity index (χ2n) is 3.50. The van der Waals surface area contributed by atoms with Crippen molar-refractivity contribution in [1.82, 2.24) is 14.8 Å². The summed E-state index contributed by atoms with van der Waals surface area (Å²) in [5.74, 6) is 0.839. The van der Waals surface area contributed by atoms with Gasteiger partial charge in [0.2, 0.25) is 0 Å². The summed E-state index contributed by atoms with van der Waals surface area (Å²) in [6, 6.07) is 0. The van der Waals surface area contributed by atoms with Gasteiger partial charge in [-0.1, -0.05) is 0 Å². The molecule has 13 heavy (non-hydrogen) atoms. The first-order valence-electron chi connectivity index (χ1n) is 4.49. The predicted octanol–water partition coefficient (Wildman–Crippen LogP) is 0.535. The minimum atomic E-state index is 0.750. The minimum Gasteiger partial charge on any atom is -0.348 e. The number of nitrogens with zero attached hydrogens (tertiary/aromatic N) is 3. The van der Waals surface area contributed by atoms with Gasteiger partial charge in [0.1, 0.15) is 5.82 Å². The fourth-order valence-electron chi connectivity index (χ4n) is 1.79. The molecule has 0 spiro atoms. The molecule has 0 saturated carbocycles. The minimum absolute atomic E-state index is 0.750. The fourth-order valence-corrected chi connectivity index (χ4v) is 1.79. The molecular formula is C9H12BN3. The number of rotatable bonds is 0. The Morgan fingerprint density at radius 2 is 2.08 bits per heavy atom. The first kappa shape index (κ1) is 8.69. The zero-order valence-electron chi connectivity index (χ0n) is 8.04. The lowest BCUT2D eigenvalue weighted by molar-refractivity contribution is 0.415. The quantitative estimate of drug-likeness (QED) is 0.536. The zero-order chi connectivity index (χ0) is 9.42. The number of fused-ring (bicyclic) bond motifs is 1. The normalized spacial score (nSPS) is 17.1. The largest absolute Gasteiger partial charge is 0.348 e. The van der Waals surface area contributed by atoms with Crippen molar-refractivity contribution in [2.24, 2.45) is 0 Å². The predicted molar refractivity (Wildman–Crippen MR) is 51.4 cm³/mol. The number of aromatic nitrogens is 2. The molecule has 0 unspecified atom stereocenters. The standard InChI is InChI=1S/C9H12BN3/c1-6-8-3-4-13(10)5-9(8)12-7(2)11-6/h3-5H2,1-2H3. The number of hydrogen-bond acceptors (Lipinski definition) is 3. The highest BCUT2D eigenvalue weighted by atomic mass is 15.1. The highest BCUT2D eigenvalue weighted by molar-refractivity contribution is 6.04. The molecule has 1 aliphatic heterocycles. The molecule has 0 amide bonds. The molecule has 1 aromatic rings. The Balaban J connectivity index is 2.47. The lowest BCUT2D eigenvalue weighted by atomic mass is 10.0. The van der Waals surface area contributed by atoms with Crippen LogP contribution in [0.5, 0.6) is 0 Å². The van der Waals surface area contributed by atoms with Crippen LogP contribution in [0.15, 0.2) is 0 Å². The Bertz CT molecular complexity index is 338. The second-order valence-corrected chi connectivity index (χ2v) is 3.50. The molecule has 0 aromatic carbocycles. The molecule has 2 radical (unpaired) electrons. The van der Waals surface area contributed by atoms with E-state index in [1.807, 2.05) is 13.8 Å². The van der Waals surface area contributed by atoms with Gasteiger partial charge in [-0.3, -0.25) is 0 Å². The monoisotopic (exact) mass is 173 g/mol. The molecule has 1 aliphatic rings. The number of aryl methyl sites for hydroxylation is 2. The molecule has 2 heterocycles. The summed E-state index contributed by atoms with van der Waals surface area (Å²) in [5, 5.41) is 0. The van der Waals surface area contributed by atoms with Gasteiger partial charge in [0.15, 0.2) is 7.98 Å². The van der Waals surface area contributed by atoms with Crippen molar-refractivity contribution < 1.29 is 0 Å². The Morgan fingerprint density at radius 1 is 1.31 bits per heavy atom. The van der Waals surface area contributed by atoms with Gasteiger partial charge in [0, 0.05) is 12.2 Å². The highest BCUT2D eigenvalue weighted by Crippen LogP contribution is 2.17. The summed E-state index contributed by atoms with van der Waals surface area (Å²) in [6.45, 7) is 5.61. The van der Waals surface area contributed by atoms with Gasteiger partial charge in [0.25, 0.3) is 0 Å². The van der Waals surface area contributed by atoms with Gasteiger partial charge in [0.05, 0.1) is 5.69 Å². The third kappa shape index (κ3) is 1.58. The van der Waals surface area contributed by atoms with Crippen LogP contribution < -0.4 is 0 Å². The molecule has 0 N–H and O–H groups in total. The van der Waals surface area contributed by atoms with Crippen molar-refractivity contribution in [3.63, 3.8) is 0 Å². The van der Waals surface area contributed by atoms with E-state index in [4.69, 9.17) is 7.98 Å². The molecule has 2 rings (SSSR count). The van der Waals surface area contributed by atoms with E-state index in [-0.39, 0.29) is 0 Å². The first-order chi connectivity index (χ1) is 6.16. The van der Waals surface area contributed by atoms with E-state index in [1.54, 1.807) is 4.81 Å². The van der Waals surface area contributed by atoms with Gasteiger partial charge < -0.3 is 4.81 Å². The van der Waals surface area contributed by atoms with E-state index >= 15 is 0 Å². The molecule has 4 heteroatoms. The summed E-state index contributed by atoms with van der Waals surface area (Å²) in [5.41, 5.74) is 3.49. The molecule has 3 nitrogen and oxygen atoms in total. The average molecular weight is 173 g/mol. The van der Waals surface area contributed by atoms with E-state index in [1.165, 1.54) is 5.56 Å². The van der Waals surface area contributed by atoms with Crippen molar-refractivity contribution in [2.75, 3.05) is 6.54 Å². The molecule has 0 aliphatic carbocycles. The van der Waals surface area contributed by atoms with E-state index in [2.05, 4.69) is 9.97 Å². The lowest BCUT2D eigenvalue weighted by Crippen LogP contribution is -2.29. The maximum atomic E-state index is 5.72. The summed E-state index contributed by atoms with van der Waals surface area (Å²) >= 11 is 0. The maximum Gasteiger partial charge on any atom is 0.183 e. The number of hydrogen-bond donors (Lipinski definition) is 0. The Kier molecular flexibility index (Phi) is 2.08. The third-order valence-corrected chi connectivity index (χ3v) is 2.41. The van der Waals surface area contributed by atoms with Crippen LogP contribution in [-0.2, 0) is 13.0 Å². The van der Waals surface area contributed by atoms with E-state index in [0.717, 1.165) is 36.7 Å². The fraction of sp³-hybridized carbons (Fsp3) is 0.556. The van der Waals surface area contributed by atoms with Crippen LogP contribution in [0, 0.1) is 13.8 Å². The highest BCUT2D eigenvalue weighted by Gasteiger charge is 2.16. The molecule has 0 atom stereocenters. The van der Waals surface area contributed by atoms with Crippen LogP contribution in [-0.4, -0.2) is 29.3 Å². The Hall–Kier alpha value is -0.895. The smallest absolute Gasteiger partial charge is 0.183 e. The van der Waals surface area contributed by atoms with Crippen molar-refractivity contribution in [3.8, 4) is 0 Å². The Morgan fingerprint density at radius 3 is 2.85 bits per heavy atom. The van der Waals surface area contributed by atoms with Crippen molar-refractivity contribution in [1.29, 1.82) is 0 Å². The van der Waals surface area contributed by atoms with Crippen LogP contribution in [0.4, 0.5) is 0 Å². The molecule has 0 saturated heterocycles. The topological polar surface area (TPSA) is 29.0 Å². The van der Waals surface area contributed by atoms with Gasteiger partial charge >= 0.3 is 0 Å². The van der Waals surface area contributed by atoms with Crippen LogP contribution >= 0.6 is 0 Å². The Labute approximate surface area is 79.6 Å². The van der Waals surface area contributed by atoms with Crippen molar-refractivity contribution in [3.05, 3.63) is 22.8 Å². The van der Waals surface area contributed by atoms with Gasteiger partial charge in [-0.15, -0.1) is 0 Å². The SMILES string of the molecule is [B]N1CCc2c(C)nc(C)nc2C1.